The van der Waals surface area contributed by atoms with Gasteiger partial charge in [-0.3, -0.25) is 9.89 Å². The van der Waals surface area contributed by atoms with E-state index in [1.165, 1.54) is 25.7 Å². The van der Waals surface area contributed by atoms with Crippen molar-refractivity contribution in [1.82, 2.24) is 15.5 Å². The van der Waals surface area contributed by atoms with E-state index in [0.29, 0.717) is 0 Å². The Morgan fingerprint density at radius 3 is 2.70 bits per heavy atom. The fraction of sp³-hybridized carbons (Fsp3) is 0.941. The van der Waals surface area contributed by atoms with Crippen LogP contribution < -0.4 is 10.6 Å². The molecule has 0 amide bonds. The third kappa shape index (κ3) is 8.54. The van der Waals surface area contributed by atoms with Crippen LogP contribution in [0.15, 0.2) is 4.99 Å². The second-order valence-corrected chi connectivity index (χ2v) is 6.74. The summed E-state index contributed by atoms with van der Waals surface area (Å²) >= 11 is 0. The van der Waals surface area contributed by atoms with Crippen LogP contribution in [-0.4, -0.2) is 63.3 Å². The Morgan fingerprint density at radius 1 is 1.22 bits per heavy atom. The number of ether oxygens (including phenoxy) is 1. The molecule has 2 fully saturated rings. The molecule has 6 heteroatoms. The van der Waals surface area contributed by atoms with Crippen molar-refractivity contribution in [2.75, 3.05) is 52.5 Å². The van der Waals surface area contributed by atoms with Gasteiger partial charge in [-0.15, -0.1) is 24.0 Å². The molecular weight excluding hydrogens is 403 g/mol. The molecule has 1 aliphatic carbocycles. The lowest BCUT2D eigenvalue weighted by molar-refractivity contribution is 0.0389. The minimum Gasteiger partial charge on any atom is -0.379 e. The predicted molar refractivity (Wildman–Crippen MR) is 108 cm³/mol. The van der Waals surface area contributed by atoms with E-state index in [2.05, 4.69) is 29.4 Å². The highest BCUT2D eigenvalue weighted by atomic mass is 127. The topological polar surface area (TPSA) is 48.9 Å². The minimum atomic E-state index is 0. The van der Waals surface area contributed by atoms with Crippen LogP contribution in [0.25, 0.3) is 0 Å². The molecule has 1 heterocycles. The summed E-state index contributed by atoms with van der Waals surface area (Å²) in [6.07, 6.45) is 5.47. The summed E-state index contributed by atoms with van der Waals surface area (Å²) in [6.45, 7) is 12.2. The normalized spacial score (nSPS) is 26.4. The Balaban J connectivity index is 0.00000264. The number of guanidine groups is 1. The average molecular weight is 438 g/mol. The van der Waals surface area contributed by atoms with Crippen LogP contribution in [0.5, 0.6) is 0 Å². The maximum Gasteiger partial charge on any atom is 0.191 e. The molecule has 0 spiro atoms. The molecule has 136 valence electrons. The van der Waals surface area contributed by atoms with E-state index < -0.39 is 0 Å². The van der Waals surface area contributed by atoms with E-state index in [9.17, 15) is 0 Å². The van der Waals surface area contributed by atoms with Crippen molar-refractivity contribution in [2.24, 2.45) is 16.8 Å². The van der Waals surface area contributed by atoms with Crippen LogP contribution >= 0.6 is 24.0 Å². The number of nitrogens with one attached hydrogen (secondary N) is 2. The Morgan fingerprint density at radius 2 is 2.00 bits per heavy atom. The number of nitrogens with zero attached hydrogens (tertiary/aromatic N) is 2. The maximum atomic E-state index is 5.38. The van der Waals surface area contributed by atoms with Crippen molar-refractivity contribution < 1.29 is 4.74 Å². The lowest BCUT2D eigenvalue weighted by Gasteiger charge is -2.27. The van der Waals surface area contributed by atoms with Gasteiger partial charge in [0.15, 0.2) is 5.96 Å². The van der Waals surface area contributed by atoms with Crippen LogP contribution in [-0.2, 0) is 4.74 Å². The Hall–Kier alpha value is -0.0800. The first-order valence-electron chi connectivity index (χ1n) is 9.10. The van der Waals surface area contributed by atoms with E-state index in [-0.39, 0.29) is 24.0 Å². The highest BCUT2D eigenvalue weighted by molar-refractivity contribution is 14.0. The number of hydrogen-bond acceptors (Lipinski definition) is 3. The lowest BCUT2D eigenvalue weighted by Crippen LogP contribution is -2.44. The second-order valence-electron chi connectivity index (χ2n) is 6.74. The van der Waals surface area contributed by atoms with Crippen LogP contribution in [0.4, 0.5) is 0 Å². The molecular formula is C17H35IN4O. The fourth-order valence-electron chi connectivity index (χ4n) is 3.44. The highest BCUT2D eigenvalue weighted by Crippen LogP contribution is 2.28. The van der Waals surface area contributed by atoms with Gasteiger partial charge in [0, 0.05) is 39.3 Å². The highest BCUT2D eigenvalue weighted by Gasteiger charge is 2.18. The molecule has 0 radical (unpaired) electrons. The number of hydrogen-bond donors (Lipinski definition) is 2. The van der Waals surface area contributed by atoms with Gasteiger partial charge < -0.3 is 15.4 Å². The Bertz CT molecular complexity index is 335. The summed E-state index contributed by atoms with van der Waals surface area (Å²) < 4.78 is 5.38. The van der Waals surface area contributed by atoms with E-state index in [1.54, 1.807) is 0 Å². The molecule has 1 saturated heterocycles. The van der Waals surface area contributed by atoms with Gasteiger partial charge in [0.25, 0.3) is 0 Å². The number of morpholine rings is 1. The van der Waals surface area contributed by atoms with Gasteiger partial charge in [-0.05, 0) is 31.6 Å². The van der Waals surface area contributed by atoms with Gasteiger partial charge in [0.1, 0.15) is 0 Å². The van der Waals surface area contributed by atoms with Crippen molar-refractivity contribution >= 4 is 29.9 Å². The van der Waals surface area contributed by atoms with Gasteiger partial charge in [-0.2, -0.15) is 0 Å². The van der Waals surface area contributed by atoms with Gasteiger partial charge in [0.05, 0.1) is 13.2 Å². The molecule has 2 rings (SSSR count). The third-order valence-corrected chi connectivity index (χ3v) is 4.72. The molecule has 1 saturated carbocycles. The molecule has 1 aliphatic heterocycles. The van der Waals surface area contributed by atoms with Crippen molar-refractivity contribution in [2.45, 2.75) is 39.5 Å². The zero-order valence-corrected chi connectivity index (χ0v) is 17.2. The van der Waals surface area contributed by atoms with Crippen LogP contribution in [0, 0.1) is 11.8 Å². The molecule has 2 unspecified atom stereocenters. The number of halogens is 1. The largest absolute Gasteiger partial charge is 0.379 e. The molecule has 2 atom stereocenters. The van der Waals surface area contributed by atoms with Crippen molar-refractivity contribution in [3.05, 3.63) is 0 Å². The van der Waals surface area contributed by atoms with Crippen LogP contribution in [0.3, 0.4) is 0 Å². The predicted octanol–water partition coefficient (Wildman–Crippen LogP) is 2.32. The fourth-order valence-corrected chi connectivity index (χ4v) is 3.44. The van der Waals surface area contributed by atoms with E-state index >= 15 is 0 Å². The Kier molecular flexibility index (Phi) is 11.2. The molecule has 0 aromatic carbocycles. The summed E-state index contributed by atoms with van der Waals surface area (Å²) in [5.41, 5.74) is 0. The molecule has 0 aromatic heterocycles. The molecule has 5 nitrogen and oxygen atoms in total. The molecule has 0 bridgehead atoms. The van der Waals surface area contributed by atoms with E-state index in [1.807, 2.05) is 0 Å². The second kappa shape index (κ2) is 12.3. The van der Waals surface area contributed by atoms with Crippen molar-refractivity contribution in [1.29, 1.82) is 0 Å². The smallest absolute Gasteiger partial charge is 0.191 e. The molecule has 0 aromatic rings. The maximum absolute atomic E-state index is 5.38. The van der Waals surface area contributed by atoms with E-state index in [4.69, 9.17) is 9.73 Å². The monoisotopic (exact) mass is 438 g/mol. The van der Waals surface area contributed by atoms with Crippen LogP contribution in [0.2, 0.25) is 0 Å². The summed E-state index contributed by atoms with van der Waals surface area (Å²) in [5, 5.41) is 6.84. The molecule has 2 aliphatic rings. The molecule has 2 N–H and O–H groups in total. The third-order valence-electron chi connectivity index (χ3n) is 4.72. The van der Waals surface area contributed by atoms with Gasteiger partial charge in [0.2, 0.25) is 0 Å². The summed E-state index contributed by atoms with van der Waals surface area (Å²) in [4.78, 5) is 7.25. The van der Waals surface area contributed by atoms with Crippen molar-refractivity contribution in [3.63, 3.8) is 0 Å². The van der Waals surface area contributed by atoms with Crippen molar-refractivity contribution in [3.8, 4) is 0 Å². The Labute approximate surface area is 159 Å². The first kappa shape index (κ1) is 21.0. The molecule has 23 heavy (non-hydrogen) atoms. The summed E-state index contributed by atoms with van der Waals surface area (Å²) in [6, 6.07) is 0. The summed E-state index contributed by atoms with van der Waals surface area (Å²) in [7, 11) is 0. The SMILES string of the molecule is CCNC(=NCC1CCCC(C)C1)NCCN1CCOCC1.I. The standard InChI is InChI=1S/C17H34N4O.HI/c1-3-18-17(19-7-8-21-9-11-22-12-10-21)20-14-16-6-4-5-15(2)13-16;/h15-16H,3-14H2,1-2H3,(H2,18,19,20);1H. The zero-order chi connectivity index (χ0) is 15.6. The first-order chi connectivity index (χ1) is 10.8. The van der Waals surface area contributed by atoms with Gasteiger partial charge >= 0.3 is 0 Å². The number of aliphatic imine (C=N–C) groups is 1. The summed E-state index contributed by atoms with van der Waals surface area (Å²) in [5.74, 6) is 2.64. The lowest BCUT2D eigenvalue weighted by atomic mass is 9.82. The average Bonchev–Trinajstić information content (AvgIpc) is 2.54. The first-order valence-corrected chi connectivity index (χ1v) is 9.10. The van der Waals surface area contributed by atoms with Gasteiger partial charge in [-0.25, -0.2) is 0 Å². The van der Waals surface area contributed by atoms with Gasteiger partial charge in [-0.1, -0.05) is 19.8 Å². The number of rotatable bonds is 6. The van der Waals surface area contributed by atoms with E-state index in [0.717, 1.165) is 70.3 Å². The quantitative estimate of drug-likeness (QED) is 0.380. The zero-order valence-electron chi connectivity index (χ0n) is 14.9. The van der Waals surface area contributed by atoms with Crippen LogP contribution in [0.1, 0.15) is 39.5 Å². The minimum absolute atomic E-state index is 0.